The summed E-state index contributed by atoms with van der Waals surface area (Å²) in [5, 5.41) is 15.6. The van der Waals surface area contributed by atoms with Crippen LogP contribution in [0.5, 0.6) is 0 Å². The van der Waals surface area contributed by atoms with Gasteiger partial charge in [-0.3, -0.25) is 5.10 Å². The lowest BCUT2D eigenvalue weighted by molar-refractivity contribution is 0.430. The second kappa shape index (κ2) is 3.20. The Labute approximate surface area is 86.5 Å². The first-order valence-electron chi connectivity index (χ1n) is 3.90. The van der Waals surface area contributed by atoms with E-state index in [1.807, 2.05) is 0 Å². The average Bonchev–Trinajstić information content (AvgIpc) is 3.02. The largest absolute Gasteiger partial charge is 0.332 e. The van der Waals surface area contributed by atoms with Crippen LogP contribution in [0.3, 0.4) is 0 Å². The molecule has 15 heavy (non-hydrogen) atoms. The van der Waals surface area contributed by atoms with Crippen LogP contribution in [0.4, 0.5) is 0 Å². The van der Waals surface area contributed by atoms with Gasteiger partial charge in [0.2, 0.25) is 5.82 Å². The summed E-state index contributed by atoms with van der Waals surface area (Å²) in [5.41, 5.74) is 0.554. The maximum Gasteiger partial charge on any atom is 0.279 e. The molecule has 0 spiro atoms. The normalized spacial score (nSPS) is 10.7. The van der Waals surface area contributed by atoms with Crippen molar-refractivity contribution >= 4 is 11.5 Å². The highest BCUT2D eigenvalue weighted by atomic mass is 32.1. The first kappa shape index (κ1) is 8.17. The van der Waals surface area contributed by atoms with Crippen molar-refractivity contribution in [3.8, 4) is 23.2 Å². The summed E-state index contributed by atoms with van der Waals surface area (Å²) < 4.78 is 8.69. The SMILES string of the molecule is c1n[nH]c(-c2noc(-c3csnn3)n2)n1. The summed E-state index contributed by atoms with van der Waals surface area (Å²) in [7, 11) is 0. The van der Waals surface area contributed by atoms with E-state index in [-0.39, 0.29) is 0 Å². The van der Waals surface area contributed by atoms with Gasteiger partial charge in [0, 0.05) is 5.38 Å². The van der Waals surface area contributed by atoms with E-state index in [9.17, 15) is 0 Å². The molecular formula is C6H3N7OS. The molecule has 3 aromatic rings. The Balaban J connectivity index is 2.02. The zero-order valence-corrected chi connectivity index (χ0v) is 7.97. The van der Waals surface area contributed by atoms with Crippen molar-refractivity contribution in [2.45, 2.75) is 0 Å². The van der Waals surface area contributed by atoms with Crippen LogP contribution in [0, 0.1) is 0 Å². The third-order valence-electron chi connectivity index (χ3n) is 1.63. The molecule has 3 rings (SSSR count). The third kappa shape index (κ3) is 1.38. The lowest BCUT2D eigenvalue weighted by Gasteiger charge is -1.81. The molecule has 0 unspecified atom stereocenters. The minimum Gasteiger partial charge on any atom is -0.332 e. The molecule has 3 heterocycles. The van der Waals surface area contributed by atoms with Gasteiger partial charge < -0.3 is 4.52 Å². The predicted molar refractivity (Wildman–Crippen MR) is 48.6 cm³/mol. The van der Waals surface area contributed by atoms with Crippen LogP contribution in [0.2, 0.25) is 0 Å². The van der Waals surface area contributed by atoms with E-state index in [1.165, 1.54) is 17.9 Å². The van der Waals surface area contributed by atoms with E-state index in [0.717, 1.165) is 0 Å². The van der Waals surface area contributed by atoms with Crippen molar-refractivity contribution < 1.29 is 4.52 Å². The molecule has 1 N–H and O–H groups in total. The van der Waals surface area contributed by atoms with Crippen molar-refractivity contribution in [2.75, 3.05) is 0 Å². The van der Waals surface area contributed by atoms with E-state index in [4.69, 9.17) is 4.52 Å². The fourth-order valence-corrected chi connectivity index (χ4v) is 1.42. The van der Waals surface area contributed by atoms with Crippen LogP contribution in [0.15, 0.2) is 16.2 Å². The summed E-state index contributed by atoms with van der Waals surface area (Å²) in [6, 6.07) is 0. The Hall–Kier alpha value is -2.16. The Morgan fingerprint density at radius 1 is 1.40 bits per heavy atom. The van der Waals surface area contributed by atoms with Crippen LogP contribution in [0.1, 0.15) is 0 Å². The predicted octanol–water partition coefficient (Wildman–Crippen LogP) is 0.373. The molecule has 0 aliphatic rings. The summed E-state index contributed by atoms with van der Waals surface area (Å²) in [6.45, 7) is 0. The van der Waals surface area contributed by atoms with Crippen molar-refractivity contribution in [2.24, 2.45) is 0 Å². The maximum atomic E-state index is 4.99. The molecule has 0 saturated heterocycles. The van der Waals surface area contributed by atoms with Crippen LogP contribution >= 0.6 is 11.5 Å². The smallest absolute Gasteiger partial charge is 0.279 e. The van der Waals surface area contributed by atoms with Crippen molar-refractivity contribution in [1.82, 2.24) is 34.9 Å². The van der Waals surface area contributed by atoms with E-state index in [2.05, 4.69) is 34.9 Å². The van der Waals surface area contributed by atoms with Crippen molar-refractivity contribution in [3.63, 3.8) is 0 Å². The highest BCUT2D eigenvalue weighted by molar-refractivity contribution is 7.03. The third-order valence-corrected chi connectivity index (χ3v) is 2.14. The average molecular weight is 221 g/mol. The van der Waals surface area contributed by atoms with Crippen LogP contribution < -0.4 is 0 Å². The molecular weight excluding hydrogens is 218 g/mol. The summed E-state index contributed by atoms with van der Waals surface area (Å²) in [6.07, 6.45) is 1.37. The number of H-pyrrole nitrogens is 1. The van der Waals surface area contributed by atoms with Crippen molar-refractivity contribution in [1.29, 1.82) is 0 Å². The minimum absolute atomic E-state index is 0.315. The fourth-order valence-electron chi connectivity index (χ4n) is 0.995. The second-order valence-electron chi connectivity index (χ2n) is 2.55. The van der Waals surface area contributed by atoms with Crippen molar-refractivity contribution in [3.05, 3.63) is 11.7 Å². The maximum absolute atomic E-state index is 4.99. The molecule has 0 saturated carbocycles. The summed E-state index contributed by atoms with van der Waals surface area (Å²) in [5.74, 6) is 1.11. The van der Waals surface area contributed by atoms with E-state index in [0.29, 0.717) is 23.2 Å². The van der Waals surface area contributed by atoms with Gasteiger partial charge in [-0.15, -0.1) is 5.10 Å². The quantitative estimate of drug-likeness (QED) is 0.666. The monoisotopic (exact) mass is 221 g/mol. The zero-order chi connectivity index (χ0) is 10.1. The van der Waals surface area contributed by atoms with Crippen LogP contribution in [0.25, 0.3) is 23.2 Å². The summed E-state index contributed by atoms with van der Waals surface area (Å²) >= 11 is 1.22. The van der Waals surface area contributed by atoms with Gasteiger partial charge in [-0.25, -0.2) is 4.98 Å². The lowest BCUT2D eigenvalue weighted by Crippen LogP contribution is -1.83. The number of nitrogens with zero attached hydrogens (tertiary/aromatic N) is 6. The van der Waals surface area contributed by atoms with Crippen LogP contribution in [-0.4, -0.2) is 34.9 Å². The van der Waals surface area contributed by atoms with Gasteiger partial charge in [0.05, 0.1) is 0 Å². The number of hydrogen-bond acceptors (Lipinski definition) is 8. The topological polar surface area (TPSA) is 106 Å². The van der Waals surface area contributed by atoms with E-state index in [1.54, 1.807) is 5.38 Å². The molecule has 0 radical (unpaired) electrons. The number of nitrogens with one attached hydrogen (secondary N) is 1. The highest BCUT2D eigenvalue weighted by Crippen LogP contribution is 2.18. The van der Waals surface area contributed by atoms with Gasteiger partial charge in [-0.2, -0.15) is 10.1 Å². The number of rotatable bonds is 2. The van der Waals surface area contributed by atoms with Gasteiger partial charge in [0.1, 0.15) is 6.33 Å². The molecule has 0 atom stereocenters. The van der Waals surface area contributed by atoms with E-state index >= 15 is 0 Å². The minimum atomic E-state index is 0.315. The first-order chi connectivity index (χ1) is 7.43. The molecule has 9 heteroatoms. The Bertz CT molecular complexity index is 493. The number of aromatic amines is 1. The number of aromatic nitrogens is 7. The van der Waals surface area contributed by atoms with Gasteiger partial charge >= 0.3 is 0 Å². The van der Waals surface area contributed by atoms with Gasteiger partial charge in [-0.1, -0.05) is 9.64 Å². The molecule has 0 aromatic carbocycles. The molecule has 3 aromatic heterocycles. The Kier molecular flexibility index (Phi) is 1.75. The molecule has 8 nitrogen and oxygen atoms in total. The zero-order valence-electron chi connectivity index (χ0n) is 7.15. The molecule has 0 aliphatic carbocycles. The standard InChI is InChI=1S/C6H3N7OS/c1-3(10-13-15-1)6-9-5(12-14-6)4-7-2-8-11-4/h1-2H,(H,7,8,11). The van der Waals surface area contributed by atoms with Gasteiger partial charge in [-0.05, 0) is 11.5 Å². The highest BCUT2D eigenvalue weighted by Gasteiger charge is 2.13. The van der Waals surface area contributed by atoms with Gasteiger partial charge in [0.25, 0.3) is 5.89 Å². The number of hydrogen-bond donors (Lipinski definition) is 1. The Morgan fingerprint density at radius 3 is 3.13 bits per heavy atom. The van der Waals surface area contributed by atoms with Gasteiger partial charge in [0.15, 0.2) is 11.5 Å². The molecule has 0 amide bonds. The first-order valence-corrected chi connectivity index (χ1v) is 4.74. The summed E-state index contributed by atoms with van der Waals surface area (Å²) in [4.78, 5) is 7.98. The fraction of sp³-hybridized carbons (Fsp3) is 0. The molecule has 74 valence electrons. The lowest BCUT2D eigenvalue weighted by atomic mass is 10.5. The van der Waals surface area contributed by atoms with Crippen LogP contribution in [-0.2, 0) is 0 Å². The molecule has 0 fully saturated rings. The second-order valence-corrected chi connectivity index (χ2v) is 3.16. The molecule has 0 aliphatic heterocycles. The Morgan fingerprint density at radius 2 is 2.40 bits per heavy atom. The molecule has 0 bridgehead atoms. The van der Waals surface area contributed by atoms with E-state index < -0.39 is 0 Å².